The Labute approximate surface area is 137 Å². The zero-order chi connectivity index (χ0) is 16.4. The molecule has 0 bridgehead atoms. The highest BCUT2D eigenvalue weighted by molar-refractivity contribution is 6.30. The summed E-state index contributed by atoms with van der Waals surface area (Å²) in [6.07, 6.45) is 0. The number of amides is 1. The number of benzene rings is 2. The molecule has 2 aromatic carbocycles. The molecule has 0 atom stereocenters. The molecule has 0 saturated carbocycles. The summed E-state index contributed by atoms with van der Waals surface area (Å²) in [4.78, 5) is 13.8. The molecule has 0 aliphatic rings. The fourth-order valence-electron chi connectivity index (χ4n) is 2.08. The van der Waals surface area contributed by atoms with E-state index in [9.17, 15) is 9.18 Å². The lowest BCUT2D eigenvalue weighted by molar-refractivity contribution is 0.0984. The van der Waals surface area contributed by atoms with Crippen LogP contribution >= 0.6 is 11.6 Å². The van der Waals surface area contributed by atoms with Crippen LogP contribution in [0.5, 0.6) is 0 Å². The molecule has 0 saturated heterocycles. The van der Waals surface area contributed by atoms with Crippen molar-refractivity contribution in [2.75, 3.05) is 11.9 Å². The zero-order valence-electron chi connectivity index (χ0n) is 12.2. The van der Waals surface area contributed by atoms with Gasteiger partial charge in [-0.2, -0.15) is 0 Å². The summed E-state index contributed by atoms with van der Waals surface area (Å²) in [5, 5.41) is 4.42. The Morgan fingerprint density at radius 3 is 2.43 bits per heavy atom. The first kappa shape index (κ1) is 15.2. The van der Waals surface area contributed by atoms with E-state index in [-0.39, 0.29) is 17.4 Å². The number of carbonyl (C=O) groups excluding carboxylic acids is 1. The third-order valence-corrected chi connectivity index (χ3v) is 3.63. The van der Waals surface area contributed by atoms with Crippen molar-refractivity contribution < 1.29 is 13.7 Å². The minimum Gasteiger partial charge on any atom is -0.355 e. The Kier molecular flexibility index (Phi) is 4.12. The fourth-order valence-corrected chi connectivity index (χ4v) is 2.21. The highest BCUT2D eigenvalue weighted by Gasteiger charge is 2.18. The molecule has 1 amide bonds. The van der Waals surface area contributed by atoms with Gasteiger partial charge in [-0.15, -0.1) is 0 Å². The molecule has 1 aromatic heterocycles. The number of carbonyl (C=O) groups is 1. The van der Waals surface area contributed by atoms with Gasteiger partial charge in [-0.3, -0.25) is 4.79 Å². The van der Waals surface area contributed by atoms with Crippen LogP contribution in [0.25, 0.3) is 11.3 Å². The smallest absolute Gasteiger partial charge is 0.280 e. The summed E-state index contributed by atoms with van der Waals surface area (Å²) in [6.45, 7) is 0. The van der Waals surface area contributed by atoms with Gasteiger partial charge in [0.05, 0.1) is 0 Å². The standard InChI is InChI=1S/C17H12ClFN2O2/c1-21(14-8-6-13(19)7-9-14)17(22)15-10-16(23-20-15)11-2-4-12(18)5-3-11/h2-10H,1H3. The van der Waals surface area contributed by atoms with Crippen LogP contribution in [0.1, 0.15) is 10.5 Å². The van der Waals surface area contributed by atoms with Crippen molar-refractivity contribution >= 4 is 23.2 Å². The maximum atomic E-state index is 13.0. The normalized spacial score (nSPS) is 10.6. The molecule has 0 aliphatic heterocycles. The van der Waals surface area contributed by atoms with Gasteiger partial charge < -0.3 is 9.42 Å². The summed E-state index contributed by atoms with van der Waals surface area (Å²) in [6, 6.07) is 14.2. The first-order valence-corrected chi connectivity index (χ1v) is 7.18. The number of rotatable bonds is 3. The number of nitrogens with zero attached hydrogens (tertiary/aromatic N) is 2. The second-order valence-electron chi connectivity index (χ2n) is 4.92. The molecule has 0 radical (unpaired) electrons. The van der Waals surface area contributed by atoms with Crippen LogP contribution in [0.15, 0.2) is 59.1 Å². The van der Waals surface area contributed by atoms with Crippen LogP contribution in [0.4, 0.5) is 10.1 Å². The average Bonchev–Trinajstić information content (AvgIpc) is 3.05. The predicted octanol–water partition coefficient (Wildman–Crippen LogP) is 4.41. The van der Waals surface area contributed by atoms with Gasteiger partial charge in [0, 0.05) is 29.4 Å². The monoisotopic (exact) mass is 330 g/mol. The van der Waals surface area contributed by atoms with E-state index in [2.05, 4.69) is 5.16 Å². The maximum Gasteiger partial charge on any atom is 0.280 e. The van der Waals surface area contributed by atoms with Gasteiger partial charge in [0.25, 0.3) is 5.91 Å². The highest BCUT2D eigenvalue weighted by Crippen LogP contribution is 2.23. The number of anilines is 1. The van der Waals surface area contributed by atoms with Crippen LogP contribution in [0, 0.1) is 5.82 Å². The Morgan fingerprint density at radius 2 is 1.78 bits per heavy atom. The minimum atomic E-state index is -0.360. The Bertz CT molecular complexity index is 829. The van der Waals surface area contributed by atoms with E-state index in [4.69, 9.17) is 16.1 Å². The first-order chi connectivity index (χ1) is 11.0. The van der Waals surface area contributed by atoms with Crippen LogP contribution in [0.2, 0.25) is 5.02 Å². The van der Waals surface area contributed by atoms with Gasteiger partial charge >= 0.3 is 0 Å². The molecule has 0 fully saturated rings. The van der Waals surface area contributed by atoms with Crippen LogP contribution in [-0.2, 0) is 0 Å². The van der Waals surface area contributed by atoms with E-state index in [1.54, 1.807) is 37.4 Å². The Hall–Kier alpha value is -2.66. The second-order valence-corrected chi connectivity index (χ2v) is 5.36. The quantitative estimate of drug-likeness (QED) is 0.714. The van der Waals surface area contributed by atoms with Gasteiger partial charge in [0.2, 0.25) is 0 Å². The van der Waals surface area contributed by atoms with E-state index in [1.807, 2.05) is 0 Å². The Morgan fingerprint density at radius 1 is 1.13 bits per heavy atom. The van der Waals surface area contributed by atoms with Gasteiger partial charge in [-0.05, 0) is 48.5 Å². The lowest BCUT2D eigenvalue weighted by atomic mass is 10.1. The summed E-state index contributed by atoms with van der Waals surface area (Å²) >= 11 is 5.84. The molecular weight excluding hydrogens is 319 g/mol. The summed E-state index contributed by atoms with van der Waals surface area (Å²) < 4.78 is 18.2. The molecule has 0 spiro atoms. The number of halogens is 2. The summed E-state index contributed by atoms with van der Waals surface area (Å²) in [5.41, 5.74) is 1.50. The molecule has 1 heterocycles. The SMILES string of the molecule is CN(C(=O)c1cc(-c2ccc(Cl)cc2)on1)c1ccc(F)cc1. The van der Waals surface area contributed by atoms with E-state index in [0.29, 0.717) is 16.5 Å². The molecule has 0 aliphatic carbocycles. The molecular formula is C17H12ClFN2O2. The molecule has 4 nitrogen and oxygen atoms in total. The lowest BCUT2D eigenvalue weighted by Crippen LogP contribution is -2.26. The van der Waals surface area contributed by atoms with Crippen LogP contribution in [-0.4, -0.2) is 18.1 Å². The van der Waals surface area contributed by atoms with Crippen molar-refractivity contribution in [2.45, 2.75) is 0 Å². The topological polar surface area (TPSA) is 46.3 Å². The van der Waals surface area contributed by atoms with Gasteiger partial charge in [-0.1, -0.05) is 16.8 Å². The largest absolute Gasteiger partial charge is 0.355 e. The van der Waals surface area contributed by atoms with Crippen molar-refractivity contribution in [1.82, 2.24) is 5.16 Å². The molecule has 0 unspecified atom stereocenters. The molecule has 116 valence electrons. The van der Waals surface area contributed by atoms with Crippen molar-refractivity contribution in [1.29, 1.82) is 0 Å². The van der Waals surface area contributed by atoms with E-state index in [0.717, 1.165) is 5.56 Å². The minimum absolute atomic E-state index is 0.168. The molecule has 0 N–H and O–H groups in total. The number of hydrogen-bond donors (Lipinski definition) is 0. The molecule has 3 aromatic rings. The Balaban J connectivity index is 1.83. The predicted molar refractivity (Wildman–Crippen MR) is 86.1 cm³/mol. The zero-order valence-corrected chi connectivity index (χ0v) is 12.9. The van der Waals surface area contributed by atoms with Gasteiger partial charge in [-0.25, -0.2) is 4.39 Å². The third-order valence-electron chi connectivity index (χ3n) is 3.38. The lowest BCUT2D eigenvalue weighted by Gasteiger charge is -2.15. The fraction of sp³-hybridized carbons (Fsp3) is 0.0588. The molecule has 3 rings (SSSR count). The number of hydrogen-bond acceptors (Lipinski definition) is 3. The van der Waals surface area contributed by atoms with Crippen LogP contribution < -0.4 is 4.90 Å². The van der Waals surface area contributed by atoms with Crippen LogP contribution in [0.3, 0.4) is 0 Å². The van der Waals surface area contributed by atoms with Gasteiger partial charge in [0.15, 0.2) is 11.5 Å². The van der Waals surface area contributed by atoms with Crippen molar-refractivity contribution in [3.05, 3.63) is 71.1 Å². The molecule has 23 heavy (non-hydrogen) atoms. The average molecular weight is 331 g/mol. The van der Waals surface area contributed by atoms with E-state index < -0.39 is 0 Å². The second kappa shape index (κ2) is 6.22. The maximum absolute atomic E-state index is 13.0. The van der Waals surface area contributed by atoms with E-state index >= 15 is 0 Å². The highest BCUT2D eigenvalue weighted by atomic mass is 35.5. The van der Waals surface area contributed by atoms with E-state index in [1.165, 1.54) is 29.2 Å². The summed E-state index contributed by atoms with van der Waals surface area (Å²) in [7, 11) is 1.59. The molecule has 6 heteroatoms. The number of aromatic nitrogens is 1. The van der Waals surface area contributed by atoms with Crippen molar-refractivity contribution in [2.24, 2.45) is 0 Å². The first-order valence-electron chi connectivity index (χ1n) is 6.81. The van der Waals surface area contributed by atoms with Crippen molar-refractivity contribution in [3.8, 4) is 11.3 Å². The third kappa shape index (κ3) is 3.24. The summed E-state index contributed by atoms with van der Waals surface area (Å²) in [5.74, 6) is -0.237. The van der Waals surface area contributed by atoms with Gasteiger partial charge in [0.1, 0.15) is 5.82 Å². The van der Waals surface area contributed by atoms with Crippen molar-refractivity contribution in [3.63, 3.8) is 0 Å².